The minimum absolute atomic E-state index is 0.0279. The highest BCUT2D eigenvalue weighted by atomic mass is 79.9. The maximum Gasteiger partial charge on any atom is 0.170 e. The number of furan rings is 2. The Labute approximate surface area is 95.2 Å². The van der Waals surface area contributed by atoms with Gasteiger partial charge in [-0.15, -0.1) is 0 Å². The summed E-state index contributed by atoms with van der Waals surface area (Å²) in [5.41, 5.74) is 1.45. The standard InChI is InChI=1S/C11H9BrO3/c1-7-2-9(6-14-7)10(13)3-8-4-11(12)15-5-8/h2,4-6H,3H2,1H3. The highest BCUT2D eigenvalue weighted by Gasteiger charge is 2.11. The van der Waals surface area contributed by atoms with E-state index in [0.717, 1.165) is 11.3 Å². The van der Waals surface area contributed by atoms with Gasteiger partial charge in [0, 0.05) is 6.42 Å². The summed E-state index contributed by atoms with van der Waals surface area (Å²) in [5.74, 6) is 0.770. The van der Waals surface area contributed by atoms with E-state index in [1.165, 1.54) is 6.26 Å². The van der Waals surface area contributed by atoms with Gasteiger partial charge in [-0.05, 0) is 40.5 Å². The van der Waals surface area contributed by atoms with E-state index in [9.17, 15) is 4.79 Å². The Morgan fingerprint density at radius 3 is 2.67 bits per heavy atom. The third-order valence-corrected chi connectivity index (χ3v) is 2.45. The Balaban J connectivity index is 2.10. The van der Waals surface area contributed by atoms with Crippen molar-refractivity contribution in [2.24, 2.45) is 0 Å². The number of hydrogen-bond acceptors (Lipinski definition) is 3. The van der Waals surface area contributed by atoms with Crippen LogP contribution in [0.25, 0.3) is 0 Å². The normalized spacial score (nSPS) is 10.5. The van der Waals surface area contributed by atoms with Crippen LogP contribution in [0, 0.1) is 6.92 Å². The molecule has 0 saturated heterocycles. The molecule has 0 saturated carbocycles. The lowest BCUT2D eigenvalue weighted by molar-refractivity contribution is 0.0992. The molecule has 0 unspecified atom stereocenters. The Morgan fingerprint density at radius 2 is 2.13 bits per heavy atom. The number of halogens is 1. The zero-order valence-electron chi connectivity index (χ0n) is 8.12. The largest absolute Gasteiger partial charge is 0.469 e. The van der Waals surface area contributed by atoms with E-state index in [0.29, 0.717) is 16.7 Å². The first-order valence-corrected chi connectivity index (χ1v) is 5.25. The minimum atomic E-state index is 0.0279. The van der Waals surface area contributed by atoms with Crippen molar-refractivity contribution < 1.29 is 13.6 Å². The van der Waals surface area contributed by atoms with Crippen molar-refractivity contribution >= 4 is 21.7 Å². The zero-order chi connectivity index (χ0) is 10.8. The van der Waals surface area contributed by atoms with Crippen LogP contribution in [-0.2, 0) is 6.42 Å². The first kappa shape index (κ1) is 10.2. The predicted octanol–water partition coefficient (Wildman–Crippen LogP) is 3.37. The lowest BCUT2D eigenvalue weighted by Crippen LogP contribution is -2.00. The van der Waals surface area contributed by atoms with Crippen molar-refractivity contribution in [3.63, 3.8) is 0 Å². The van der Waals surface area contributed by atoms with Gasteiger partial charge >= 0.3 is 0 Å². The fourth-order valence-corrected chi connectivity index (χ4v) is 1.70. The van der Waals surface area contributed by atoms with Crippen LogP contribution in [0.3, 0.4) is 0 Å². The van der Waals surface area contributed by atoms with E-state index in [1.54, 1.807) is 18.4 Å². The van der Waals surface area contributed by atoms with E-state index in [4.69, 9.17) is 8.83 Å². The predicted molar refractivity (Wildman–Crippen MR) is 57.9 cm³/mol. The molecule has 0 N–H and O–H groups in total. The highest BCUT2D eigenvalue weighted by Crippen LogP contribution is 2.16. The third-order valence-electron chi connectivity index (χ3n) is 2.04. The Kier molecular flexibility index (Phi) is 2.77. The topological polar surface area (TPSA) is 43.4 Å². The van der Waals surface area contributed by atoms with Gasteiger partial charge < -0.3 is 8.83 Å². The van der Waals surface area contributed by atoms with Crippen LogP contribution >= 0.6 is 15.9 Å². The molecule has 4 heteroatoms. The Hall–Kier alpha value is -1.29. The summed E-state index contributed by atoms with van der Waals surface area (Å²) in [6.45, 7) is 1.81. The van der Waals surface area contributed by atoms with Crippen LogP contribution in [0.2, 0.25) is 0 Å². The molecule has 0 aliphatic carbocycles. The molecule has 2 aromatic rings. The molecule has 3 nitrogen and oxygen atoms in total. The molecule has 15 heavy (non-hydrogen) atoms. The first-order chi connectivity index (χ1) is 7.15. The minimum Gasteiger partial charge on any atom is -0.469 e. The first-order valence-electron chi connectivity index (χ1n) is 4.46. The van der Waals surface area contributed by atoms with Gasteiger partial charge in [0.2, 0.25) is 0 Å². The van der Waals surface area contributed by atoms with E-state index < -0.39 is 0 Å². The molecular weight excluding hydrogens is 260 g/mol. The van der Waals surface area contributed by atoms with Gasteiger partial charge in [-0.1, -0.05) is 0 Å². The number of ketones is 1. The zero-order valence-corrected chi connectivity index (χ0v) is 9.71. The molecule has 0 radical (unpaired) electrons. The van der Waals surface area contributed by atoms with Crippen molar-refractivity contribution in [3.8, 4) is 0 Å². The molecule has 0 aliphatic rings. The quantitative estimate of drug-likeness (QED) is 0.802. The van der Waals surface area contributed by atoms with Crippen LogP contribution < -0.4 is 0 Å². The second-order valence-electron chi connectivity index (χ2n) is 3.31. The molecule has 0 amide bonds. The molecule has 0 spiro atoms. The Morgan fingerprint density at radius 1 is 1.33 bits per heavy atom. The van der Waals surface area contributed by atoms with E-state index >= 15 is 0 Å². The van der Waals surface area contributed by atoms with E-state index in [-0.39, 0.29) is 5.78 Å². The molecule has 0 fully saturated rings. The van der Waals surface area contributed by atoms with Crippen molar-refractivity contribution in [1.29, 1.82) is 0 Å². The molecule has 0 aliphatic heterocycles. The number of carbonyl (C=O) groups excluding carboxylic acids is 1. The number of Topliss-reactive ketones (excluding diaryl/α,β-unsaturated/α-hetero) is 1. The second-order valence-corrected chi connectivity index (χ2v) is 4.09. The lowest BCUT2D eigenvalue weighted by atomic mass is 10.1. The molecule has 2 heterocycles. The van der Waals surface area contributed by atoms with Gasteiger partial charge in [0.25, 0.3) is 0 Å². The summed E-state index contributed by atoms with van der Waals surface area (Å²) >= 11 is 3.19. The van der Waals surface area contributed by atoms with Crippen LogP contribution in [0.4, 0.5) is 0 Å². The highest BCUT2D eigenvalue weighted by molar-refractivity contribution is 9.10. The summed E-state index contributed by atoms with van der Waals surface area (Å²) in [7, 11) is 0. The molecule has 2 aromatic heterocycles. The molecule has 0 bridgehead atoms. The maximum atomic E-state index is 11.7. The number of aryl methyl sites for hydroxylation is 1. The van der Waals surface area contributed by atoms with Crippen molar-refractivity contribution in [2.75, 3.05) is 0 Å². The van der Waals surface area contributed by atoms with Gasteiger partial charge in [-0.2, -0.15) is 0 Å². The fourth-order valence-electron chi connectivity index (χ4n) is 1.32. The maximum absolute atomic E-state index is 11.7. The molecule has 0 atom stereocenters. The SMILES string of the molecule is Cc1cc(C(=O)Cc2coc(Br)c2)co1. The van der Waals surface area contributed by atoms with Crippen molar-refractivity contribution in [1.82, 2.24) is 0 Å². The lowest BCUT2D eigenvalue weighted by Gasteiger charge is -1.92. The van der Waals surface area contributed by atoms with Crippen LogP contribution in [-0.4, -0.2) is 5.78 Å². The summed E-state index contributed by atoms with van der Waals surface area (Å²) in [6.07, 6.45) is 3.37. The van der Waals surface area contributed by atoms with Gasteiger partial charge in [0.15, 0.2) is 10.5 Å². The number of carbonyl (C=O) groups is 1. The third kappa shape index (κ3) is 2.39. The Bertz CT molecular complexity index is 481. The van der Waals surface area contributed by atoms with Crippen molar-refractivity contribution in [3.05, 3.63) is 46.2 Å². The van der Waals surface area contributed by atoms with Gasteiger partial charge in [-0.25, -0.2) is 0 Å². The monoisotopic (exact) mass is 268 g/mol. The van der Waals surface area contributed by atoms with Crippen LogP contribution in [0.15, 0.2) is 38.2 Å². The van der Waals surface area contributed by atoms with Crippen molar-refractivity contribution in [2.45, 2.75) is 13.3 Å². The van der Waals surface area contributed by atoms with Gasteiger partial charge in [-0.3, -0.25) is 4.79 Å². The smallest absolute Gasteiger partial charge is 0.170 e. The van der Waals surface area contributed by atoms with E-state index in [1.807, 2.05) is 6.92 Å². The average molecular weight is 269 g/mol. The number of hydrogen-bond donors (Lipinski definition) is 0. The molecule has 0 aromatic carbocycles. The van der Waals surface area contributed by atoms with Gasteiger partial charge in [0.1, 0.15) is 12.0 Å². The summed E-state index contributed by atoms with van der Waals surface area (Å²) in [5, 5.41) is 0. The summed E-state index contributed by atoms with van der Waals surface area (Å²) < 4.78 is 10.8. The summed E-state index contributed by atoms with van der Waals surface area (Å²) in [6, 6.07) is 3.52. The fraction of sp³-hybridized carbons (Fsp3) is 0.182. The molecule has 2 rings (SSSR count). The van der Waals surface area contributed by atoms with Crippen LogP contribution in [0.5, 0.6) is 0 Å². The summed E-state index contributed by atoms with van der Waals surface area (Å²) in [4.78, 5) is 11.7. The van der Waals surface area contributed by atoms with Gasteiger partial charge in [0.05, 0.1) is 11.8 Å². The number of rotatable bonds is 3. The van der Waals surface area contributed by atoms with Crippen LogP contribution in [0.1, 0.15) is 21.7 Å². The average Bonchev–Trinajstić information content (AvgIpc) is 2.75. The second kappa shape index (κ2) is 4.06. The van der Waals surface area contributed by atoms with E-state index in [2.05, 4.69) is 15.9 Å². The molecular formula is C11H9BrO3. The molecule has 78 valence electrons.